The Morgan fingerprint density at radius 1 is 1.44 bits per heavy atom. The Bertz CT molecular complexity index is 437. The van der Waals surface area contributed by atoms with E-state index in [1.54, 1.807) is 12.1 Å². The van der Waals surface area contributed by atoms with E-state index in [1.807, 2.05) is 13.0 Å². The molecule has 0 aliphatic carbocycles. The van der Waals surface area contributed by atoms with Gasteiger partial charge in [0.05, 0.1) is 16.1 Å². The maximum atomic E-state index is 11.9. The van der Waals surface area contributed by atoms with E-state index < -0.39 is 5.92 Å². The predicted molar refractivity (Wildman–Crippen MR) is 64.8 cm³/mol. The molecule has 0 spiro atoms. The number of Topliss-reactive ketones (excluding diaryl/α,β-unsaturated/α-hetero) is 1. The molecule has 4 heteroatoms. The number of nitriles is 1. The van der Waals surface area contributed by atoms with Crippen LogP contribution in [0, 0.1) is 17.2 Å². The third-order valence-corrected chi connectivity index (χ3v) is 2.99. The SMILES string of the molecule is CCCC(C#N)C(=O)c1ccc(Cl)c(Cl)c1. The number of hydrogen-bond donors (Lipinski definition) is 0. The molecular weight excluding hydrogens is 245 g/mol. The number of halogens is 2. The third-order valence-electron chi connectivity index (χ3n) is 2.25. The lowest BCUT2D eigenvalue weighted by Crippen LogP contribution is -2.12. The molecule has 0 N–H and O–H groups in total. The lowest BCUT2D eigenvalue weighted by molar-refractivity contribution is 0.0943. The van der Waals surface area contributed by atoms with Crippen molar-refractivity contribution in [3.05, 3.63) is 33.8 Å². The van der Waals surface area contributed by atoms with Gasteiger partial charge in [-0.2, -0.15) is 5.26 Å². The fraction of sp³-hybridized carbons (Fsp3) is 0.333. The van der Waals surface area contributed by atoms with E-state index in [9.17, 15) is 4.79 Å². The van der Waals surface area contributed by atoms with Crippen LogP contribution in [-0.4, -0.2) is 5.78 Å². The first kappa shape index (κ1) is 13.0. The van der Waals surface area contributed by atoms with Crippen molar-refractivity contribution in [2.24, 2.45) is 5.92 Å². The third kappa shape index (κ3) is 2.98. The first-order chi connectivity index (χ1) is 7.60. The molecule has 16 heavy (non-hydrogen) atoms. The summed E-state index contributed by atoms with van der Waals surface area (Å²) in [5.74, 6) is -0.787. The van der Waals surface area contributed by atoms with Gasteiger partial charge in [-0.05, 0) is 24.6 Å². The van der Waals surface area contributed by atoms with Gasteiger partial charge in [0.1, 0.15) is 5.92 Å². The number of carbonyl (C=O) groups excluding carboxylic acids is 1. The highest BCUT2D eigenvalue weighted by atomic mass is 35.5. The van der Waals surface area contributed by atoms with Crippen LogP contribution in [0.25, 0.3) is 0 Å². The van der Waals surface area contributed by atoms with E-state index in [1.165, 1.54) is 6.07 Å². The molecule has 0 aliphatic heterocycles. The summed E-state index contributed by atoms with van der Waals surface area (Å²) in [5.41, 5.74) is 0.439. The van der Waals surface area contributed by atoms with Gasteiger partial charge in [-0.1, -0.05) is 36.5 Å². The summed E-state index contributed by atoms with van der Waals surface area (Å²) in [4.78, 5) is 11.9. The van der Waals surface area contributed by atoms with Crippen molar-refractivity contribution in [3.63, 3.8) is 0 Å². The number of carbonyl (C=O) groups is 1. The van der Waals surface area contributed by atoms with Crippen LogP contribution in [0.3, 0.4) is 0 Å². The molecule has 0 fully saturated rings. The van der Waals surface area contributed by atoms with Gasteiger partial charge in [0, 0.05) is 5.56 Å². The Kier molecular flexibility index (Phi) is 4.79. The smallest absolute Gasteiger partial charge is 0.180 e. The Morgan fingerprint density at radius 2 is 2.12 bits per heavy atom. The molecule has 1 atom stereocenters. The van der Waals surface area contributed by atoms with Crippen molar-refractivity contribution >= 4 is 29.0 Å². The van der Waals surface area contributed by atoms with Crippen molar-refractivity contribution in [2.75, 3.05) is 0 Å². The summed E-state index contributed by atoms with van der Waals surface area (Å²) >= 11 is 11.6. The molecule has 1 unspecified atom stereocenters. The highest BCUT2D eigenvalue weighted by Crippen LogP contribution is 2.24. The molecule has 0 amide bonds. The van der Waals surface area contributed by atoms with Gasteiger partial charge in [0.25, 0.3) is 0 Å². The van der Waals surface area contributed by atoms with E-state index in [-0.39, 0.29) is 5.78 Å². The molecule has 0 saturated carbocycles. The second kappa shape index (κ2) is 5.89. The molecule has 2 nitrogen and oxygen atoms in total. The first-order valence-electron chi connectivity index (χ1n) is 4.99. The number of benzene rings is 1. The second-order valence-electron chi connectivity index (χ2n) is 3.46. The standard InChI is InChI=1S/C12H11Cl2NO/c1-2-3-9(7-15)12(16)8-4-5-10(13)11(14)6-8/h4-6,9H,2-3H2,1H3. The minimum atomic E-state index is -0.595. The van der Waals surface area contributed by atoms with Gasteiger partial charge in [-0.25, -0.2) is 0 Å². The van der Waals surface area contributed by atoms with Gasteiger partial charge < -0.3 is 0 Å². The number of hydrogen-bond acceptors (Lipinski definition) is 2. The van der Waals surface area contributed by atoms with Crippen molar-refractivity contribution in [1.29, 1.82) is 5.26 Å². The summed E-state index contributed by atoms with van der Waals surface area (Å²) in [6, 6.07) is 6.68. The number of nitrogens with zero attached hydrogens (tertiary/aromatic N) is 1. The molecule has 0 saturated heterocycles. The zero-order chi connectivity index (χ0) is 12.1. The average molecular weight is 256 g/mol. The van der Waals surface area contributed by atoms with Crippen LogP contribution < -0.4 is 0 Å². The van der Waals surface area contributed by atoms with Crippen LogP contribution >= 0.6 is 23.2 Å². The highest BCUT2D eigenvalue weighted by molar-refractivity contribution is 6.42. The normalized spacial score (nSPS) is 11.9. The Hall–Kier alpha value is -1.04. The maximum Gasteiger partial charge on any atom is 0.180 e. The first-order valence-corrected chi connectivity index (χ1v) is 5.74. The summed E-state index contributed by atoms with van der Waals surface area (Å²) in [7, 11) is 0. The van der Waals surface area contributed by atoms with Crippen molar-refractivity contribution < 1.29 is 4.79 Å². The zero-order valence-corrected chi connectivity index (χ0v) is 10.3. The fourth-order valence-electron chi connectivity index (χ4n) is 1.39. The quantitative estimate of drug-likeness (QED) is 0.760. The van der Waals surface area contributed by atoms with E-state index in [4.69, 9.17) is 28.5 Å². The lowest BCUT2D eigenvalue weighted by Gasteiger charge is -2.07. The number of ketones is 1. The highest BCUT2D eigenvalue weighted by Gasteiger charge is 2.19. The van der Waals surface area contributed by atoms with Crippen LogP contribution in [-0.2, 0) is 0 Å². The fourth-order valence-corrected chi connectivity index (χ4v) is 1.69. The van der Waals surface area contributed by atoms with E-state index >= 15 is 0 Å². The van der Waals surface area contributed by atoms with Crippen LogP contribution in [0.4, 0.5) is 0 Å². The largest absolute Gasteiger partial charge is 0.293 e. The van der Waals surface area contributed by atoms with Crippen LogP contribution in [0.1, 0.15) is 30.1 Å². The zero-order valence-electron chi connectivity index (χ0n) is 8.84. The summed E-state index contributed by atoms with van der Waals surface area (Å²) in [5, 5.41) is 9.62. The van der Waals surface area contributed by atoms with Gasteiger partial charge >= 0.3 is 0 Å². The molecule has 0 aromatic heterocycles. The van der Waals surface area contributed by atoms with Gasteiger partial charge in [0.15, 0.2) is 5.78 Å². The molecule has 84 valence electrons. The Labute approximate surface area is 105 Å². The molecule has 0 heterocycles. The molecule has 1 rings (SSSR count). The van der Waals surface area contributed by atoms with E-state index in [2.05, 4.69) is 0 Å². The minimum Gasteiger partial charge on any atom is -0.293 e. The summed E-state index contributed by atoms with van der Waals surface area (Å²) in [6.45, 7) is 1.94. The molecule has 1 aromatic rings. The Morgan fingerprint density at radius 3 is 2.62 bits per heavy atom. The van der Waals surface area contributed by atoms with Crippen LogP contribution in [0.2, 0.25) is 10.0 Å². The predicted octanol–water partition coefficient (Wildman–Crippen LogP) is 4.12. The molecule has 0 aliphatic rings. The van der Waals surface area contributed by atoms with Gasteiger partial charge in [-0.3, -0.25) is 4.79 Å². The van der Waals surface area contributed by atoms with Crippen LogP contribution in [0.5, 0.6) is 0 Å². The van der Waals surface area contributed by atoms with Gasteiger partial charge in [-0.15, -0.1) is 0 Å². The van der Waals surface area contributed by atoms with Crippen LogP contribution in [0.15, 0.2) is 18.2 Å². The lowest BCUT2D eigenvalue weighted by atomic mass is 9.95. The Balaban J connectivity index is 2.96. The van der Waals surface area contributed by atoms with Gasteiger partial charge in [0.2, 0.25) is 0 Å². The number of rotatable bonds is 4. The van der Waals surface area contributed by atoms with Crippen molar-refractivity contribution in [1.82, 2.24) is 0 Å². The monoisotopic (exact) mass is 255 g/mol. The topological polar surface area (TPSA) is 40.9 Å². The van der Waals surface area contributed by atoms with Crippen molar-refractivity contribution in [3.8, 4) is 6.07 Å². The molecule has 0 bridgehead atoms. The molecular formula is C12H11Cl2NO. The second-order valence-corrected chi connectivity index (χ2v) is 4.28. The summed E-state index contributed by atoms with van der Waals surface area (Å²) in [6.07, 6.45) is 1.36. The van der Waals surface area contributed by atoms with E-state index in [0.29, 0.717) is 22.0 Å². The molecule has 0 radical (unpaired) electrons. The molecule has 1 aromatic carbocycles. The average Bonchev–Trinajstić information content (AvgIpc) is 2.28. The van der Waals surface area contributed by atoms with E-state index in [0.717, 1.165) is 6.42 Å². The maximum absolute atomic E-state index is 11.9. The van der Waals surface area contributed by atoms with Crippen molar-refractivity contribution in [2.45, 2.75) is 19.8 Å². The summed E-state index contributed by atoms with van der Waals surface area (Å²) < 4.78 is 0. The minimum absolute atomic E-state index is 0.192.